The fraction of sp³-hybridized carbons (Fsp3) is 0. The highest BCUT2D eigenvalue weighted by Gasteiger charge is 2.12. The third-order valence-corrected chi connectivity index (χ3v) is 1.31. The molecule has 0 fully saturated rings. The normalized spacial score (nSPS) is 15.5. The molecular weight excluding hydrogens is 149 g/mol. The summed E-state index contributed by atoms with van der Waals surface area (Å²) in [6, 6.07) is 0. The Balaban J connectivity index is 2.28. The van der Waals surface area contributed by atoms with Gasteiger partial charge >= 0.3 is 0 Å². The molecule has 0 atom stereocenters. The van der Waals surface area contributed by atoms with E-state index >= 15 is 0 Å². The molecular formula is C5H6FN5. The molecule has 0 aromatic carbocycles. The molecule has 0 saturated carbocycles. The van der Waals surface area contributed by atoms with E-state index in [4.69, 9.17) is 0 Å². The summed E-state index contributed by atoms with van der Waals surface area (Å²) in [4.78, 5) is 0. The Hall–Kier alpha value is -1.56. The van der Waals surface area contributed by atoms with Gasteiger partial charge in [0.15, 0.2) is 11.6 Å². The van der Waals surface area contributed by atoms with Crippen LogP contribution in [0, 0.1) is 5.82 Å². The van der Waals surface area contributed by atoms with Gasteiger partial charge in [0.1, 0.15) is 0 Å². The number of hydrogen-bond donors (Lipinski definition) is 3. The van der Waals surface area contributed by atoms with Crippen LogP contribution in [0.3, 0.4) is 0 Å². The zero-order valence-corrected chi connectivity index (χ0v) is 5.50. The fourth-order valence-electron chi connectivity index (χ4n) is 0.820. The van der Waals surface area contributed by atoms with Crippen molar-refractivity contribution in [3.8, 4) is 0 Å². The molecule has 0 unspecified atom stereocenters. The Morgan fingerprint density at radius 2 is 2.45 bits per heavy atom. The lowest BCUT2D eigenvalue weighted by atomic mass is 10.6. The van der Waals surface area contributed by atoms with Gasteiger partial charge in [-0.3, -0.25) is 5.10 Å². The van der Waals surface area contributed by atoms with E-state index in [1.54, 1.807) is 12.4 Å². The quantitative estimate of drug-likeness (QED) is 0.528. The van der Waals surface area contributed by atoms with E-state index in [1.807, 2.05) is 0 Å². The molecule has 11 heavy (non-hydrogen) atoms. The molecule has 6 heteroatoms. The molecule has 5 nitrogen and oxygen atoms in total. The summed E-state index contributed by atoms with van der Waals surface area (Å²) in [6.45, 7) is 0. The van der Waals surface area contributed by atoms with Gasteiger partial charge in [-0.05, 0) is 0 Å². The summed E-state index contributed by atoms with van der Waals surface area (Å²) in [5, 5.41) is 7.46. The number of rotatable bonds is 1. The highest BCUT2D eigenvalue weighted by Crippen LogP contribution is 2.13. The van der Waals surface area contributed by atoms with E-state index in [9.17, 15) is 4.39 Å². The van der Waals surface area contributed by atoms with Crippen LogP contribution in [0.1, 0.15) is 0 Å². The molecule has 0 bridgehead atoms. The molecule has 1 aromatic heterocycles. The SMILES string of the molecule is Fc1cn[nH]c1N1C=CNN1. The number of aromatic amines is 1. The number of anilines is 1. The van der Waals surface area contributed by atoms with Crippen molar-refractivity contribution < 1.29 is 4.39 Å². The molecule has 0 amide bonds. The van der Waals surface area contributed by atoms with Crippen LogP contribution < -0.4 is 16.0 Å². The van der Waals surface area contributed by atoms with E-state index in [1.165, 1.54) is 5.01 Å². The predicted octanol–water partition coefficient (Wildman–Crippen LogP) is -0.151. The van der Waals surface area contributed by atoms with Gasteiger partial charge in [0, 0.05) is 12.4 Å². The van der Waals surface area contributed by atoms with E-state index in [0.717, 1.165) is 6.20 Å². The number of nitrogens with one attached hydrogen (secondary N) is 3. The lowest BCUT2D eigenvalue weighted by Gasteiger charge is -2.11. The predicted molar refractivity (Wildman–Crippen MR) is 36.4 cm³/mol. The van der Waals surface area contributed by atoms with Gasteiger partial charge in [-0.2, -0.15) is 5.10 Å². The van der Waals surface area contributed by atoms with Crippen LogP contribution in [0.5, 0.6) is 0 Å². The number of nitrogens with zero attached hydrogens (tertiary/aromatic N) is 2. The monoisotopic (exact) mass is 155 g/mol. The van der Waals surface area contributed by atoms with Gasteiger partial charge in [0.05, 0.1) is 6.20 Å². The minimum atomic E-state index is -0.397. The van der Waals surface area contributed by atoms with Gasteiger partial charge in [-0.25, -0.2) is 9.40 Å². The summed E-state index contributed by atoms with van der Waals surface area (Å²) in [6.07, 6.45) is 4.39. The third-order valence-electron chi connectivity index (χ3n) is 1.31. The smallest absolute Gasteiger partial charge is 0.186 e. The molecule has 58 valence electrons. The second-order valence-electron chi connectivity index (χ2n) is 2.01. The van der Waals surface area contributed by atoms with Gasteiger partial charge < -0.3 is 5.43 Å². The van der Waals surface area contributed by atoms with Gasteiger partial charge in [-0.15, -0.1) is 5.53 Å². The van der Waals surface area contributed by atoms with E-state index in [2.05, 4.69) is 21.2 Å². The first-order valence-corrected chi connectivity index (χ1v) is 3.04. The topological polar surface area (TPSA) is 56.0 Å². The maximum atomic E-state index is 12.8. The van der Waals surface area contributed by atoms with Crippen molar-refractivity contribution in [3.63, 3.8) is 0 Å². The minimum Gasteiger partial charge on any atom is -0.309 e. The van der Waals surface area contributed by atoms with Crippen molar-refractivity contribution in [3.05, 3.63) is 24.4 Å². The fourth-order valence-corrected chi connectivity index (χ4v) is 0.820. The van der Waals surface area contributed by atoms with Crippen molar-refractivity contribution >= 4 is 5.82 Å². The first-order chi connectivity index (χ1) is 5.38. The molecule has 3 N–H and O–H groups in total. The molecule has 2 heterocycles. The molecule has 0 spiro atoms. The zero-order valence-electron chi connectivity index (χ0n) is 5.50. The van der Waals surface area contributed by atoms with Crippen molar-refractivity contribution in [2.24, 2.45) is 0 Å². The maximum Gasteiger partial charge on any atom is 0.186 e. The van der Waals surface area contributed by atoms with Crippen molar-refractivity contribution in [2.45, 2.75) is 0 Å². The van der Waals surface area contributed by atoms with Crippen LogP contribution in [0.25, 0.3) is 0 Å². The Kier molecular flexibility index (Phi) is 1.26. The van der Waals surface area contributed by atoms with Crippen molar-refractivity contribution in [1.82, 2.24) is 21.2 Å². The second-order valence-corrected chi connectivity index (χ2v) is 2.01. The lowest BCUT2D eigenvalue weighted by Crippen LogP contribution is -2.36. The molecule has 0 saturated heterocycles. The molecule has 1 aliphatic rings. The average molecular weight is 155 g/mol. The van der Waals surface area contributed by atoms with Crippen LogP contribution in [0.2, 0.25) is 0 Å². The Morgan fingerprint density at radius 1 is 1.55 bits per heavy atom. The Labute approximate surface area is 61.8 Å². The van der Waals surface area contributed by atoms with Gasteiger partial charge in [-0.1, -0.05) is 0 Å². The molecule has 0 aliphatic carbocycles. The first kappa shape index (κ1) is 6.17. The second kappa shape index (κ2) is 2.24. The summed E-state index contributed by atoms with van der Waals surface area (Å²) < 4.78 is 12.8. The molecule has 1 aromatic rings. The molecule has 1 aliphatic heterocycles. The lowest BCUT2D eigenvalue weighted by molar-refractivity contribution is 0.605. The summed E-state index contributed by atoms with van der Waals surface area (Å²) in [7, 11) is 0. The number of aromatic nitrogens is 2. The average Bonchev–Trinajstić information content (AvgIpc) is 2.55. The Morgan fingerprint density at radius 3 is 3.00 bits per heavy atom. The third kappa shape index (κ3) is 0.926. The number of hydrazine groups is 2. The van der Waals surface area contributed by atoms with Gasteiger partial charge in [0.2, 0.25) is 0 Å². The number of halogens is 1. The van der Waals surface area contributed by atoms with E-state index in [-0.39, 0.29) is 5.82 Å². The number of H-pyrrole nitrogens is 1. The summed E-state index contributed by atoms with van der Waals surface area (Å²) in [5.41, 5.74) is 5.33. The first-order valence-electron chi connectivity index (χ1n) is 3.04. The highest BCUT2D eigenvalue weighted by molar-refractivity contribution is 5.41. The largest absolute Gasteiger partial charge is 0.309 e. The summed E-state index contributed by atoms with van der Waals surface area (Å²) in [5.74, 6) is -0.114. The number of hydrogen-bond acceptors (Lipinski definition) is 4. The Bertz CT molecular complexity index is 280. The van der Waals surface area contributed by atoms with Crippen LogP contribution >= 0.6 is 0 Å². The van der Waals surface area contributed by atoms with E-state index < -0.39 is 5.82 Å². The maximum absolute atomic E-state index is 12.8. The van der Waals surface area contributed by atoms with Crippen LogP contribution in [0.4, 0.5) is 10.2 Å². The van der Waals surface area contributed by atoms with Gasteiger partial charge in [0.25, 0.3) is 0 Å². The summed E-state index contributed by atoms with van der Waals surface area (Å²) >= 11 is 0. The van der Waals surface area contributed by atoms with Crippen molar-refractivity contribution in [1.29, 1.82) is 0 Å². The molecule has 2 rings (SSSR count). The molecule has 0 radical (unpaired) electrons. The van der Waals surface area contributed by atoms with Crippen molar-refractivity contribution in [2.75, 3.05) is 5.01 Å². The van der Waals surface area contributed by atoms with Crippen LogP contribution in [-0.2, 0) is 0 Å². The standard InChI is InChI=1S/C5H6FN5/c6-4-3-8-9-5(4)11-2-1-7-10-11/h1-3,7,10H,(H,8,9). The highest BCUT2D eigenvalue weighted by atomic mass is 19.1. The minimum absolute atomic E-state index is 0.284. The van der Waals surface area contributed by atoms with Crippen LogP contribution in [0.15, 0.2) is 18.6 Å². The van der Waals surface area contributed by atoms with Crippen LogP contribution in [-0.4, -0.2) is 10.2 Å². The van der Waals surface area contributed by atoms with E-state index in [0.29, 0.717) is 0 Å². The zero-order chi connectivity index (χ0) is 7.68.